The lowest BCUT2D eigenvalue weighted by Gasteiger charge is -1.82. The molecule has 1 aliphatic carbocycles. The first kappa shape index (κ1) is 6.61. The number of nitrogens with zero attached hydrogens (tertiary/aromatic N) is 1. The maximum Gasteiger partial charge on any atom is 0.0969 e. The fourth-order valence-electron chi connectivity index (χ4n) is 1.39. The van der Waals surface area contributed by atoms with Crippen molar-refractivity contribution in [3.8, 4) is 0 Å². The van der Waals surface area contributed by atoms with Crippen molar-refractivity contribution in [1.29, 1.82) is 0 Å². The van der Waals surface area contributed by atoms with E-state index in [4.69, 9.17) is 0 Å². The minimum absolute atomic E-state index is 0.794. The van der Waals surface area contributed by atoms with Gasteiger partial charge >= 0.3 is 0 Å². The predicted octanol–water partition coefficient (Wildman–Crippen LogP) is 3.17. The van der Waals surface area contributed by atoms with E-state index in [-0.39, 0.29) is 0 Å². The van der Waals surface area contributed by atoms with Crippen molar-refractivity contribution >= 4 is 21.6 Å². The minimum atomic E-state index is 0.794. The molecule has 0 saturated heterocycles. The summed E-state index contributed by atoms with van der Waals surface area (Å²) >= 11 is 1.86. The van der Waals surface area contributed by atoms with Gasteiger partial charge in [0.25, 0.3) is 0 Å². The molecular formula is C10H9NS. The fraction of sp³-hybridized carbons (Fsp3) is 0.300. The molecule has 0 amide bonds. The molecule has 1 aromatic carbocycles. The highest BCUT2D eigenvalue weighted by Gasteiger charge is 2.26. The van der Waals surface area contributed by atoms with Crippen LogP contribution in [0.3, 0.4) is 0 Å². The maximum atomic E-state index is 4.59. The van der Waals surface area contributed by atoms with Gasteiger partial charge in [-0.1, -0.05) is 12.1 Å². The molecule has 0 radical (unpaired) electrons. The Morgan fingerprint density at radius 1 is 1.25 bits per heavy atom. The van der Waals surface area contributed by atoms with Gasteiger partial charge in [0.1, 0.15) is 0 Å². The van der Waals surface area contributed by atoms with Crippen molar-refractivity contribution < 1.29 is 0 Å². The third-order valence-electron chi connectivity index (χ3n) is 2.24. The summed E-state index contributed by atoms with van der Waals surface area (Å²) in [7, 11) is 0. The minimum Gasteiger partial charge on any atom is -0.241 e. The number of benzene rings is 1. The van der Waals surface area contributed by atoms with Crippen molar-refractivity contribution in [3.63, 3.8) is 0 Å². The molecule has 1 nitrogen and oxygen atoms in total. The summed E-state index contributed by atoms with van der Waals surface area (Å²) in [6.45, 7) is 0. The third-order valence-corrected chi connectivity index (χ3v) is 3.44. The lowest BCUT2D eigenvalue weighted by Crippen LogP contribution is -1.72. The Morgan fingerprint density at radius 2 is 2.08 bits per heavy atom. The molecule has 0 bridgehead atoms. The van der Waals surface area contributed by atoms with Crippen LogP contribution in [0.4, 0.5) is 0 Å². The molecule has 0 unspecified atom stereocenters. The van der Waals surface area contributed by atoms with Crippen LogP contribution in [0.15, 0.2) is 24.3 Å². The van der Waals surface area contributed by atoms with Gasteiger partial charge in [0.2, 0.25) is 0 Å². The Morgan fingerprint density at radius 3 is 2.83 bits per heavy atom. The highest BCUT2D eigenvalue weighted by molar-refractivity contribution is 7.18. The quantitative estimate of drug-likeness (QED) is 0.648. The van der Waals surface area contributed by atoms with Gasteiger partial charge in [0, 0.05) is 5.92 Å². The van der Waals surface area contributed by atoms with Crippen LogP contribution in [0.25, 0.3) is 10.2 Å². The Hall–Kier alpha value is -0.890. The van der Waals surface area contributed by atoms with Crippen molar-refractivity contribution in [2.24, 2.45) is 0 Å². The molecule has 0 aliphatic heterocycles. The monoisotopic (exact) mass is 175 g/mol. The van der Waals surface area contributed by atoms with E-state index < -0.39 is 0 Å². The van der Waals surface area contributed by atoms with E-state index in [1.54, 1.807) is 0 Å². The second-order valence-corrected chi connectivity index (χ2v) is 4.36. The Kier molecular flexibility index (Phi) is 1.27. The zero-order chi connectivity index (χ0) is 7.97. The van der Waals surface area contributed by atoms with Gasteiger partial charge < -0.3 is 0 Å². The van der Waals surface area contributed by atoms with E-state index in [9.17, 15) is 0 Å². The number of rotatable bonds is 1. The van der Waals surface area contributed by atoms with Crippen LogP contribution in [0.2, 0.25) is 0 Å². The van der Waals surface area contributed by atoms with Gasteiger partial charge in [-0.25, -0.2) is 4.98 Å². The zero-order valence-electron chi connectivity index (χ0n) is 6.66. The number of hydrogen-bond donors (Lipinski definition) is 0. The second-order valence-electron chi connectivity index (χ2n) is 3.29. The van der Waals surface area contributed by atoms with Crippen LogP contribution < -0.4 is 0 Å². The molecule has 0 N–H and O–H groups in total. The molecule has 1 heterocycles. The molecule has 2 aromatic rings. The summed E-state index contributed by atoms with van der Waals surface area (Å²) in [5.41, 5.74) is 1.17. The van der Waals surface area contributed by atoms with Gasteiger partial charge in [-0.2, -0.15) is 0 Å². The van der Waals surface area contributed by atoms with Crippen LogP contribution >= 0.6 is 11.3 Å². The molecule has 0 atom stereocenters. The molecule has 3 rings (SSSR count). The second kappa shape index (κ2) is 2.30. The molecule has 0 spiro atoms. The number of aromatic nitrogens is 1. The van der Waals surface area contributed by atoms with E-state index >= 15 is 0 Å². The molecule has 1 aliphatic rings. The van der Waals surface area contributed by atoms with E-state index in [2.05, 4.69) is 29.2 Å². The van der Waals surface area contributed by atoms with Gasteiger partial charge in [0.05, 0.1) is 15.2 Å². The smallest absolute Gasteiger partial charge is 0.0969 e. The molecule has 1 saturated carbocycles. The highest BCUT2D eigenvalue weighted by atomic mass is 32.1. The first-order valence-electron chi connectivity index (χ1n) is 4.29. The van der Waals surface area contributed by atoms with Crippen molar-refractivity contribution in [1.82, 2.24) is 4.98 Å². The molecule has 12 heavy (non-hydrogen) atoms. The molecule has 1 fully saturated rings. The van der Waals surface area contributed by atoms with Gasteiger partial charge in [-0.05, 0) is 25.0 Å². The maximum absolute atomic E-state index is 4.59. The van der Waals surface area contributed by atoms with Crippen LogP contribution in [0, 0.1) is 0 Å². The SMILES string of the molecule is c1ccc2sc(C3CC3)nc2c1. The molecular weight excluding hydrogens is 166 g/mol. The van der Waals surface area contributed by atoms with Crippen molar-refractivity contribution in [2.75, 3.05) is 0 Å². The van der Waals surface area contributed by atoms with E-state index in [1.165, 1.54) is 28.1 Å². The molecule has 2 heteroatoms. The molecule has 1 aromatic heterocycles. The molecule has 60 valence electrons. The summed E-state index contributed by atoms with van der Waals surface area (Å²) in [6, 6.07) is 8.38. The normalized spacial score (nSPS) is 17.0. The summed E-state index contributed by atoms with van der Waals surface area (Å²) in [4.78, 5) is 4.59. The fourth-order valence-corrected chi connectivity index (χ4v) is 2.53. The summed E-state index contributed by atoms with van der Waals surface area (Å²) in [5, 5.41) is 1.34. The summed E-state index contributed by atoms with van der Waals surface area (Å²) in [5.74, 6) is 0.794. The predicted molar refractivity (Wildman–Crippen MR) is 51.6 cm³/mol. The van der Waals surface area contributed by atoms with Crippen LogP contribution in [-0.2, 0) is 0 Å². The highest BCUT2D eigenvalue weighted by Crippen LogP contribution is 2.43. The van der Waals surface area contributed by atoms with Crippen LogP contribution in [0.1, 0.15) is 23.8 Å². The number of para-hydroxylation sites is 1. The Bertz CT molecular complexity index is 381. The Labute approximate surface area is 75.1 Å². The summed E-state index contributed by atoms with van der Waals surface area (Å²) < 4.78 is 1.33. The van der Waals surface area contributed by atoms with Crippen LogP contribution in [-0.4, -0.2) is 4.98 Å². The van der Waals surface area contributed by atoms with E-state index in [1.807, 2.05) is 11.3 Å². The number of thiazole rings is 1. The lowest BCUT2D eigenvalue weighted by atomic mass is 10.3. The first-order chi connectivity index (χ1) is 5.93. The first-order valence-corrected chi connectivity index (χ1v) is 5.10. The average molecular weight is 175 g/mol. The van der Waals surface area contributed by atoms with Crippen molar-refractivity contribution in [3.05, 3.63) is 29.3 Å². The van der Waals surface area contributed by atoms with Gasteiger partial charge in [-0.15, -0.1) is 11.3 Å². The number of hydrogen-bond acceptors (Lipinski definition) is 2. The van der Waals surface area contributed by atoms with Crippen LogP contribution in [0.5, 0.6) is 0 Å². The Balaban J connectivity index is 2.23. The van der Waals surface area contributed by atoms with Crippen molar-refractivity contribution in [2.45, 2.75) is 18.8 Å². The average Bonchev–Trinajstić information content (AvgIpc) is 2.85. The largest absolute Gasteiger partial charge is 0.241 e. The zero-order valence-corrected chi connectivity index (χ0v) is 7.47. The lowest BCUT2D eigenvalue weighted by molar-refractivity contribution is 1.10. The van der Waals surface area contributed by atoms with E-state index in [0.717, 1.165) is 5.92 Å². The van der Waals surface area contributed by atoms with Gasteiger partial charge in [-0.3, -0.25) is 0 Å². The van der Waals surface area contributed by atoms with Gasteiger partial charge in [0.15, 0.2) is 0 Å². The topological polar surface area (TPSA) is 12.9 Å². The standard InChI is InChI=1S/C10H9NS/c1-2-4-9-8(3-1)11-10(12-9)7-5-6-7/h1-4,7H,5-6H2. The number of fused-ring (bicyclic) bond motifs is 1. The third kappa shape index (κ3) is 0.950. The van der Waals surface area contributed by atoms with E-state index in [0.29, 0.717) is 0 Å². The summed E-state index contributed by atoms with van der Waals surface area (Å²) in [6.07, 6.45) is 2.69.